The fraction of sp³-hybridized carbons (Fsp3) is 0.294. The van der Waals surface area contributed by atoms with Crippen LogP contribution in [0.15, 0.2) is 56.5 Å². The monoisotopic (exact) mass is 913 g/mol. The Labute approximate surface area is 349 Å². The molecular weight excluding hydrogens is 883 g/mol. The van der Waals surface area contributed by atoms with Gasteiger partial charge in [0.15, 0.2) is 5.92 Å². The molecule has 14 nitrogen and oxygen atoms in total. The number of aliphatic hydroxyl groups is 1. The fourth-order valence-electron chi connectivity index (χ4n) is 4.87. The van der Waals surface area contributed by atoms with Crippen LogP contribution in [0.5, 0.6) is 0 Å². The molecule has 5 heterocycles. The molecule has 4 aromatic heterocycles. The second-order valence-corrected chi connectivity index (χ2v) is 17.4. The number of amides is 1. The summed E-state index contributed by atoms with van der Waals surface area (Å²) in [7, 11) is 1.34. The second kappa shape index (κ2) is 20.4. The normalized spacial score (nSPS) is 14.6. The minimum absolute atomic E-state index is 0.117. The van der Waals surface area contributed by atoms with Crippen molar-refractivity contribution in [2.75, 3.05) is 24.4 Å². The smallest absolute Gasteiger partial charge is 0.420 e. The highest BCUT2D eigenvalue weighted by molar-refractivity contribution is 7.18. The zero-order chi connectivity index (χ0) is 42.1. The van der Waals surface area contributed by atoms with Gasteiger partial charge in [-0.25, -0.2) is 23.6 Å². The van der Waals surface area contributed by atoms with Gasteiger partial charge in [0, 0.05) is 31.8 Å². The first kappa shape index (κ1) is 46.4. The number of rotatable bonds is 5. The zero-order valence-corrected chi connectivity index (χ0v) is 35.3. The van der Waals surface area contributed by atoms with E-state index < -0.39 is 50.5 Å². The van der Waals surface area contributed by atoms with Gasteiger partial charge in [0.05, 0.1) is 31.2 Å². The number of aromatic nitrogens is 1. The number of esters is 2. The number of anilines is 2. The maximum atomic E-state index is 13.5. The Balaban J connectivity index is 0.000000226. The minimum atomic E-state index is -2.04. The van der Waals surface area contributed by atoms with Crippen LogP contribution in [-0.4, -0.2) is 51.1 Å². The Morgan fingerprint density at radius 3 is 2.20 bits per heavy atom. The molecule has 2 unspecified atom stereocenters. The van der Waals surface area contributed by atoms with Crippen molar-refractivity contribution in [1.82, 2.24) is 4.98 Å². The van der Waals surface area contributed by atoms with Crippen molar-refractivity contribution < 1.29 is 47.3 Å². The van der Waals surface area contributed by atoms with Crippen LogP contribution in [0.4, 0.5) is 19.2 Å². The number of nitrogen functional groups attached to an aromatic ring is 1. The number of hydrogen-bond donors (Lipinski definition) is 3. The first-order chi connectivity index (χ1) is 26.1. The molecule has 56 heavy (non-hydrogen) atoms. The number of H-pyrrole nitrogens is 1. The molecule has 1 aliphatic rings. The van der Waals surface area contributed by atoms with E-state index in [9.17, 15) is 38.3 Å². The Hall–Kier alpha value is -4.01. The number of carbonyl (C=O) groups excluding carboxylic acids is 4. The van der Waals surface area contributed by atoms with Crippen LogP contribution in [0.1, 0.15) is 49.1 Å². The summed E-state index contributed by atoms with van der Waals surface area (Å²) in [6.45, 7) is 7.50. The first-order valence-corrected chi connectivity index (χ1v) is 19.7. The quantitative estimate of drug-likeness (QED) is 0.0505. The summed E-state index contributed by atoms with van der Waals surface area (Å²) < 4.78 is 29.1. The highest BCUT2D eigenvalue weighted by Gasteiger charge is 2.46. The number of methoxy groups -OCH3 is 1. The van der Waals surface area contributed by atoms with Crippen molar-refractivity contribution in [1.29, 1.82) is 0 Å². The largest absolute Gasteiger partial charge is 0.465 e. The summed E-state index contributed by atoms with van der Waals surface area (Å²) in [5.41, 5.74) is 5.41. The maximum absolute atomic E-state index is 13.5. The molecule has 1 aromatic carbocycles. The molecule has 1 aliphatic heterocycles. The Kier molecular flexibility index (Phi) is 16.9. The summed E-state index contributed by atoms with van der Waals surface area (Å²) in [6.07, 6.45) is -1.24. The number of nitrogens with zero attached hydrogens (tertiary/aromatic N) is 1. The predicted octanol–water partition coefficient (Wildman–Crippen LogP) is 7.92. The summed E-state index contributed by atoms with van der Waals surface area (Å²) in [5, 5.41) is 12.1. The number of aromatic amines is 1. The standard InChI is InChI=1S/C18H18FNO4S.C7H5NO3S.C7H9NO2S.C2Cl4O2/c1-3-24-18(23)14-15(21)13-7-10(2)25-17(13)20(16(14)22)9-11-5-4-6-12(19)8-11;1-3-2-4-5(12-3)8-7(10)11-6(4)9;1-4-3-5(6(8)11-4)7(9)10-2;3-1(7)8-2(4,5)6/h4-8,14-15,21H,3,9H2,1-2H3;2H,1H3,(H,8,10);3H,8H2,1-2H3;. The van der Waals surface area contributed by atoms with Crippen LogP contribution in [0.2, 0.25) is 0 Å². The first-order valence-electron chi connectivity index (χ1n) is 15.7. The van der Waals surface area contributed by atoms with Gasteiger partial charge in [-0.1, -0.05) is 12.1 Å². The fourth-order valence-corrected chi connectivity index (χ4v) is 8.02. The highest BCUT2D eigenvalue weighted by atomic mass is 35.6. The van der Waals surface area contributed by atoms with E-state index in [0.717, 1.165) is 14.6 Å². The maximum Gasteiger partial charge on any atom is 0.420 e. The Bertz CT molecular complexity index is 2320. The van der Waals surface area contributed by atoms with Crippen LogP contribution >= 0.6 is 80.4 Å². The lowest BCUT2D eigenvalue weighted by Crippen LogP contribution is -2.46. The molecule has 4 N–H and O–H groups in total. The lowest BCUT2D eigenvalue weighted by Gasteiger charge is -2.34. The average molecular weight is 916 g/mol. The average Bonchev–Trinajstić information content (AvgIpc) is 3.77. The third-order valence-corrected chi connectivity index (χ3v) is 10.3. The van der Waals surface area contributed by atoms with Crippen molar-refractivity contribution in [3.8, 4) is 0 Å². The van der Waals surface area contributed by atoms with Gasteiger partial charge in [-0.05, 0) is 98.4 Å². The van der Waals surface area contributed by atoms with Crippen LogP contribution < -0.4 is 22.0 Å². The van der Waals surface area contributed by atoms with Crippen LogP contribution in [0, 0.1) is 32.5 Å². The second-order valence-electron chi connectivity index (χ2n) is 11.2. The summed E-state index contributed by atoms with van der Waals surface area (Å²) in [4.78, 5) is 74.9. The number of benzene rings is 1. The molecule has 0 aliphatic carbocycles. The van der Waals surface area contributed by atoms with Gasteiger partial charge >= 0.3 is 32.7 Å². The molecule has 6 rings (SSSR count). The molecule has 0 bridgehead atoms. The van der Waals surface area contributed by atoms with Gasteiger partial charge in [0.25, 0.3) is 0 Å². The van der Waals surface area contributed by atoms with E-state index in [1.807, 2.05) is 20.8 Å². The van der Waals surface area contributed by atoms with Gasteiger partial charge in [-0.2, -0.15) is 0 Å². The Morgan fingerprint density at radius 2 is 1.66 bits per heavy atom. The molecular formula is C34H32Cl4FN3O11S3. The third kappa shape index (κ3) is 13.0. The number of thiophene rings is 3. The topological polar surface area (TPSA) is 209 Å². The summed E-state index contributed by atoms with van der Waals surface area (Å²) in [5.74, 6) is -4.06. The number of aryl methyl sites for hydroxylation is 3. The van der Waals surface area contributed by atoms with E-state index in [1.165, 1.54) is 58.2 Å². The highest BCUT2D eigenvalue weighted by Crippen LogP contribution is 2.44. The number of fused-ring (bicyclic) bond motifs is 2. The van der Waals surface area contributed by atoms with Crippen LogP contribution in [-0.2, 0) is 30.3 Å². The predicted molar refractivity (Wildman–Crippen MR) is 215 cm³/mol. The van der Waals surface area contributed by atoms with E-state index in [-0.39, 0.29) is 19.1 Å². The molecule has 0 spiro atoms. The molecule has 2 atom stereocenters. The van der Waals surface area contributed by atoms with E-state index in [4.69, 9.17) is 45.3 Å². The molecule has 22 heteroatoms. The minimum Gasteiger partial charge on any atom is -0.465 e. The molecule has 0 saturated carbocycles. The number of halogens is 5. The number of alkyl halides is 3. The van der Waals surface area contributed by atoms with Gasteiger partial charge in [-0.15, -0.1) is 34.0 Å². The molecule has 5 aromatic rings. The molecule has 1 amide bonds. The lowest BCUT2D eigenvalue weighted by atomic mass is 9.91. The van der Waals surface area contributed by atoms with E-state index in [0.29, 0.717) is 36.9 Å². The van der Waals surface area contributed by atoms with Gasteiger partial charge in [-0.3, -0.25) is 19.5 Å². The van der Waals surface area contributed by atoms with E-state index in [2.05, 4.69) is 30.5 Å². The third-order valence-electron chi connectivity index (χ3n) is 7.01. The number of nitrogens with two attached hydrogens (primary N) is 1. The van der Waals surface area contributed by atoms with Crippen molar-refractivity contribution in [3.63, 3.8) is 0 Å². The molecule has 302 valence electrons. The number of aliphatic hydroxyl groups excluding tert-OH is 1. The summed E-state index contributed by atoms with van der Waals surface area (Å²) in [6, 6.07) is 11.1. The van der Waals surface area contributed by atoms with Crippen molar-refractivity contribution in [3.05, 3.63) is 101 Å². The van der Waals surface area contributed by atoms with Crippen molar-refractivity contribution in [2.24, 2.45) is 5.92 Å². The van der Waals surface area contributed by atoms with Gasteiger partial charge < -0.3 is 29.5 Å². The number of ether oxygens (including phenoxy) is 3. The van der Waals surface area contributed by atoms with Crippen LogP contribution in [0.25, 0.3) is 10.2 Å². The molecule has 0 radical (unpaired) electrons. The molecule has 0 fully saturated rings. The number of hydrogen-bond acceptors (Lipinski definition) is 15. The summed E-state index contributed by atoms with van der Waals surface area (Å²) >= 11 is 23.6. The Morgan fingerprint density at radius 1 is 1.02 bits per heavy atom. The van der Waals surface area contributed by atoms with Crippen LogP contribution in [0.3, 0.4) is 0 Å². The van der Waals surface area contributed by atoms with Crippen molar-refractivity contribution in [2.45, 2.75) is 44.3 Å². The van der Waals surface area contributed by atoms with Gasteiger partial charge in [0.1, 0.15) is 26.8 Å². The zero-order valence-electron chi connectivity index (χ0n) is 29.8. The number of nitrogens with one attached hydrogen (secondary N) is 1. The SMILES string of the molecule is CCOC(=O)C1C(=O)N(Cc2cccc(F)c2)c2sc(C)cc2C1O.COC(=O)c1cc(C)sc1N.Cc1cc2c(=O)oc(=O)[nH]c2s1.O=C(Cl)OC(Cl)(Cl)Cl. The van der Waals surface area contributed by atoms with E-state index in [1.54, 1.807) is 37.3 Å². The van der Waals surface area contributed by atoms with E-state index >= 15 is 0 Å². The lowest BCUT2D eigenvalue weighted by molar-refractivity contribution is -0.156. The molecule has 0 saturated heterocycles. The van der Waals surface area contributed by atoms with Gasteiger partial charge in [0.2, 0.25) is 5.91 Å². The number of carbonyl (C=O) groups is 4. The van der Waals surface area contributed by atoms with Crippen molar-refractivity contribution >= 4 is 124 Å².